The lowest BCUT2D eigenvalue weighted by atomic mass is 10.1. The zero-order valence-corrected chi connectivity index (χ0v) is 6.70. The largest absolute Gasteiger partial charge is 0.481 e. The molecule has 1 aliphatic carbocycles. The molecule has 0 aromatic carbocycles. The van der Waals surface area contributed by atoms with E-state index < -0.39 is 11.4 Å². The average Bonchev–Trinajstić information content (AvgIpc) is 2.49. The molecule has 2 N–H and O–H groups in total. The smallest absolute Gasteiger partial charge is 0.310 e. The van der Waals surface area contributed by atoms with E-state index in [1.165, 1.54) is 0 Å². The molecule has 0 bridgehead atoms. The maximum absolute atomic E-state index is 10.4. The summed E-state index contributed by atoms with van der Waals surface area (Å²) in [5.41, 5.74) is -0.394. The van der Waals surface area contributed by atoms with Crippen LogP contribution in [0.1, 0.15) is 12.8 Å². The quantitative estimate of drug-likeness (QED) is 0.640. The molecule has 1 fully saturated rings. The molecule has 0 heterocycles. The van der Waals surface area contributed by atoms with E-state index in [1.807, 2.05) is 0 Å². The molecule has 0 aromatic heterocycles. The van der Waals surface area contributed by atoms with Crippen LogP contribution in [0.15, 0.2) is 0 Å². The minimum absolute atomic E-state index is 0. The maximum atomic E-state index is 10.4. The summed E-state index contributed by atoms with van der Waals surface area (Å²) < 4.78 is 0. The van der Waals surface area contributed by atoms with Crippen molar-refractivity contribution in [2.75, 3.05) is 13.6 Å². The molecule has 0 aliphatic heterocycles. The van der Waals surface area contributed by atoms with Gasteiger partial charge in [0.15, 0.2) is 0 Å². The standard InChI is InChI=1S/C6H11NO2.ClH/c1-7-4-6(2-3-6)5(8)9;/h7H,2-4H2,1H3,(H,8,9);1H. The fourth-order valence-electron chi connectivity index (χ4n) is 0.956. The van der Waals surface area contributed by atoms with Gasteiger partial charge in [0, 0.05) is 6.54 Å². The number of carboxylic acids is 1. The van der Waals surface area contributed by atoms with Gasteiger partial charge in [-0.15, -0.1) is 12.4 Å². The van der Waals surface area contributed by atoms with Crippen molar-refractivity contribution in [3.8, 4) is 0 Å². The van der Waals surface area contributed by atoms with Gasteiger partial charge in [-0.05, 0) is 19.9 Å². The number of aliphatic carboxylic acids is 1. The highest BCUT2D eigenvalue weighted by Crippen LogP contribution is 2.44. The summed E-state index contributed by atoms with van der Waals surface area (Å²) in [5, 5.41) is 11.5. The number of hydrogen-bond acceptors (Lipinski definition) is 2. The summed E-state index contributed by atoms with van der Waals surface area (Å²) in [7, 11) is 1.78. The van der Waals surface area contributed by atoms with E-state index in [-0.39, 0.29) is 12.4 Å². The van der Waals surface area contributed by atoms with Gasteiger partial charge < -0.3 is 10.4 Å². The number of rotatable bonds is 3. The Hall–Kier alpha value is -0.280. The van der Waals surface area contributed by atoms with Gasteiger partial charge in [0.05, 0.1) is 5.41 Å². The molecular formula is C6H12ClNO2. The first-order chi connectivity index (χ1) is 4.21. The predicted molar refractivity (Wildman–Crippen MR) is 40.5 cm³/mol. The fourth-order valence-corrected chi connectivity index (χ4v) is 0.956. The molecule has 0 aromatic rings. The van der Waals surface area contributed by atoms with Crippen LogP contribution in [0.3, 0.4) is 0 Å². The van der Waals surface area contributed by atoms with Gasteiger partial charge in [-0.2, -0.15) is 0 Å². The van der Waals surface area contributed by atoms with Gasteiger partial charge >= 0.3 is 5.97 Å². The zero-order valence-electron chi connectivity index (χ0n) is 5.89. The monoisotopic (exact) mass is 165 g/mol. The Kier molecular flexibility index (Phi) is 3.12. The molecule has 0 amide bonds. The first-order valence-corrected chi connectivity index (χ1v) is 3.09. The zero-order chi connectivity index (χ0) is 6.91. The van der Waals surface area contributed by atoms with Crippen LogP contribution in [0.25, 0.3) is 0 Å². The Morgan fingerprint density at radius 1 is 1.70 bits per heavy atom. The van der Waals surface area contributed by atoms with Gasteiger partial charge in [0.1, 0.15) is 0 Å². The minimum Gasteiger partial charge on any atom is -0.481 e. The maximum Gasteiger partial charge on any atom is 0.310 e. The Morgan fingerprint density at radius 3 is 2.30 bits per heavy atom. The van der Waals surface area contributed by atoms with Crippen molar-refractivity contribution in [1.82, 2.24) is 5.32 Å². The first-order valence-electron chi connectivity index (χ1n) is 3.09. The lowest BCUT2D eigenvalue weighted by Crippen LogP contribution is -2.27. The second kappa shape index (κ2) is 3.21. The van der Waals surface area contributed by atoms with Crippen LogP contribution in [-0.4, -0.2) is 24.7 Å². The molecular weight excluding hydrogens is 154 g/mol. The fraction of sp³-hybridized carbons (Fsp3) is 0.833. The Bertz CT molecular complexity index is 134. The average molecular weight is 166 g/mol. The Morgan fingerprint density at radius 2 is 2.20 bits per heavy atom. The van der Waals surface area contributed by atoms with Crippen LogP contribution in [0.5, 0.6) is 0 Å². The molecule has 4 heteroatoms. The Balaban J connectivity index is 0.000000810. The summed E-state index contributed by atoms with van der Waals surface area (Å²) >= 11 is 0. The first kappa shape index (κ1) is 9.72. The predicted octanol–water partition coefficient (Wildman–Crippen LogP) is 0.492. The topological polar surface area (TPSA) is 49.3 Å². The molecule has 0 saturated heterocycles. The molecule has 0 radical (unpaired) electrons. The van der Waals surface area contributed by atoms with Crippen LogP contribution in [-0.2, 0) is 4.79 Å². The third kappa shape index (κ3) is 1.61. The molecule has 0 atom stereocenters. The third-order valence-corrected chi connectivity index (χ3v) is 1.82. The van der Waals surface area contributed by atoms with Crippen molar-refractivity contribution >= 4 is 18.4 Å². The normalized spacial score (nSPS) is 19.3. The van der Waals surface area contributed by atoms with Crippen molar-refractivity contribution < 1.29 is 9.90 Å². The van der Waals surface area contributed by atoms with Gasteiger partial charge in [0.2, 0.25) is 0 Å². The summed E-state index contributed by atoms with van der Waals surface area (Å²) in [6.07, 6.45) is 1.67. The molecule has 1 aliphatic rings. The van der Waals surface area contributed by atoms with Crippen molar-refractivity contribution in [1.29, 1.82) is 0 Å². The van der Waals surface area contributed by atoms with Gasteiger partial charge in [-0.1, -0.05) is 0 Å². The van der Waals surface area contributed by atoms with Crippen LogP contribution in [0.2, 0.25) is 0 Å². The summed E-state index contributed by atoms with van der Waals surface area (Å²) in [4.78, 5) is 10.4. The van der Waals surface area contributed by atoms with Crippen molar-refractivity contribution in [3.63, 3.8) is 0 Å². The lowest BCUT2D eigenvalue weighted by Gasteiger charge is -2.06. The summed E-state index contributed by atoms with van der Waals surface area (Å²) in [5.74, 6) is -0.656. The molecule has 0 unspecified atom stereocenters. The number of carboxylic acid groups (broad SMARTS) is 1. The van der Waals surface area contributed by atoms with Crippen LogP contribution in [0.4, 0.5) is 0 Å². The molecule has 1 rings (SSSR count). The second-order valence-corrected chi connectivity index (χ2v) is 2.62. The van der Waals surface area contributed by atoms with E-state index in [0.29, 0.717) is 6.54 Å². The Labute approximate surface area is 66.2 Å². The summed E-state index contributed by atoms with van der Waals surface area (Å²) in [6, 6.07) is 0. The number of halogens is 1. The number of hydrogen-bond donors (Lipinski definition) is 2. The van der Waals surface area contributed by atoms with E-state index in [2.05, 4.69) is 5.32 Å². The van der Waals surface area contributed by atoms with Crippen LogP contribution in [0, 0.1) is 5.41 Å². The molecule has 0 spiro atoms. The molecule has 3 nitrogen and oxygen atoms in total. The van der Waals surface area contributed by atoms with Gasteiger partial charge in [0.25, 0.3) is 0 Å². The third-order valence-electron chi connectivity index (χ3n) is 1.82. The van der Waals surface area contributed by atoms with Gasteiger partial charge in [-0.3, -0.25) is 4.79 Å². The van der Waals surface area contributed by atoms with Crippen molar-refractivity contribution in [2.45, 2.75) is 12.8 Å². The van der Waals surface area contributed by atoms with E-state index >= 15 is 0 Å². The highest BCUT2D eigenvalue weighted by atomic mass is 35.5. The lowest BCUT2D eigenvalue weighted by molar-refractivity contribution is -0.143. The summed E-state index contributed by atoms with van der Waals surface area (Å²) in [6.45, 7) is 0.613. The van der Waals surface area contributed by atoms with Gasteiger partial charge in [-0.25, -0.2) is 0 Å². The van der Waals surface area contributed by atoms with Crippen LogP contribution < -0.4 is 5.32 Å². The van der Waals surface area contributed by atoms with Crippen molar-refractivity contribution in [3.05, 3.63) is 0 Å². The number of nitrogens with one attached hydrogen (secondary N) is 1. The van der Waals surface area contributed by atoms with E-state index in [0.717, 1.165) is 12.8 Å². The highest BCUT2D eigenvalue weighted by molar-refractivity contribution is 5.85. The van der Waals surface area contributed by atoms with E-state index in [9.17, 15) is 4.79 Å². The molecule has 60 valence electrons. The number of carbonyl (C=O) groups is 1. The van der Waals surface area contributed by atoms with E-state index in [4.69, 9.17) is 5.11 Å². The van der Waals surface area contributed by atoms with Crippen LogP contribution >= 0.6 is 12.4 Å². The molecule has 1 saturated carbocycles. The second-order valence-electron chi connectivity index (χ2n) is 2.62. The molecule has 10 heavy (non-hydrogen) atoms. The van der Waals surface area contributed by atoms with Crippen molar-refractivity contribution in [2.24, 2.45) is 5.41 Å². The SMILES string of the molecule is CNCC1(C(=O)O)CC1.Cl. The highest BCUT2D eigenvalue weighted by Gasteiger charge is 2.49. The minimum atomic E-state index is -0.656. The van der Waals surface area contributed by atoms with E-state index in [1.54, 1.807) is 7.05 Å².